The molecule has 0 N–H and O–H groups in total. The molecule has 2 rings (SSSR count). The van der Waals surface area contributed by atoms with Gasteiger partial charge in [0.2, 0.25) is 11.8 Å². The number of para-hydroxylation sites is 1. The Balaban J connectivity index is 2.14. The van der Waals surface area contributed by atoms with Crippen LogP contribution < -0.4 is 4.90 Å². The van der Waals surface area contributed by atoms with Crippen molar-refractivity contribution in [3.63, 3.8) is 0 Å². The summed E-state index contributed by atoms with van der Waals surface area (Å²) in [6.07, 6.45) is 0.881. The van der Waals surface area contributed by atoms with Crippen LogP contribution in [0.1, 0.15) is 33.3 Å². The van der Waals surface area contributed by atoms with Crippen LogP contribution in [0.25, 0.3) is 0 Å². The molecule has 1 aromatic rings. The Labute approximate surface area is 126 Å². The van der Waals surface area contributed by atoms with Crippen molar-refractivity contribution in [2.24, 2.45) is 5.92 Å². The van der Waals surface area contributed by atoms with Gasteiger partial charge in [-0.3, -0.25) is 9.59 Å². The molecule has 4 heteroatoms. The molecule has 1 heterocycles. The van der Waals surface area contributed by atoms with Crippen LogP contribution in [0.5, 0.6) is 0 Å². The summed E-state index contributed by atoms with van der Waals surface area (Å²) < 4.78 is 0. The summed E-state index contributed by atoms with van der Waals surface area (Å²) in [5.41, 5.74) is 2.19. The molecule has 0 fully saturated rings. The SMILES string of the molecule is CC(=O)N(CC(=O)N1c2ccccc2CC1C)CC(C)C. The number of rotatable bonds is 4. The fourth-order valence-electron chi connectivity index (χ4n) is 2.93. The van der Waals surface area contributed by atoms with E-state index in [1.54, 1.807) is 4.90 Å². The summed E-state index contributed by atoms with van der Waals surface area (Å²) in [7, 11) is 0. The number of benzene rings is 1. The molecule has 0 aliphatic carbocycles. The second-order valence-corrected chi connectivity index (χ2v) is 6.24. The maximum absolute atomic E-state index is 12.6. The van der Waals surface area contributed by atoms with Gasteiger partial charge in [-0.05, 0) is 30.9 Å². The monoisotopic (exact) mass is 288 g/mol. The molecule has 0 saturated heterocycles. The van der Waals surface area contributed by atoms with Crippen molar-refractivity contribution >= 4 is 17.5 Å². The summed E-state index contributed by atoms with van der Waals surface area (Å²) in [6, 6.07) is 8.16. The minimum atomic E-state index is -0.0443. The summed E-state index contributed by atoms with van der Waals surface area (Å²) in [5, 5.41) is 0. The Bertz CT molecular complexity index is 539. The lowest BCUT2D eigenvalue weighted by Crippen LogP contribution is -2.45. The highest BCUT2D eigenvalue weighted by Crippen LogP contribution is 2.31. The second-order valence-electron chi connectivity index (χ2n) is 6.24. The normalized spacial score (nSPS) is 17.0. The van der Waals surface area contributed by atoms with Crippen molar-refractivity contribution in [1.29, 1.82) is 0 Å². The number of fused-ring (bicyclic) bond motifs is 1. The summed E-state index contributed by atoms with van der Waals surface area (Å²) in [4.78, 5) is 27.8. The third-order valence-corrected chi connectivity index (χ3v) is 3.83. The van der Waals surface area contributed by atoms with E-state index in [4.69, 9.17) is 0 Å². The molecule has 0 bridgehead atoms. The zero-order valence-electron chi connectivity index (χ0n) is 13.3. The minimum absolute atomic E-state index is 0.00306. The van der Waals surface area contributed by atoms with Crippen molar-refractivity contribution in [3.8, 4) is 0 Å². The van der Waals surface area contributed by atoms with Crippen molar-refractivity contribution < 1.29 is 9.59 Å². The van der Waals surface area contributed by atoms with Crippen LogP contribution in [0.3, 0.4) is 0 Å². The molecule has 1 atom stereocenters. The lowest BCUT2D eigenvalue weighted by Gasteiger charge is -2.28. The van der Waals surface area contributed by atoms with Gasteiger partial charge in [0.05, 0.1) is 0 Å². The lowest BCUT2D eigenvalue weighted by atomic mass is 10.1. The largest absolute Gasteiger partial charge is 0.333 e. The molecule has 4 nitrogen and oxygen atoms in total. The van der Waals surface area contributed by atoms with Crippen LogP contribution in [-0.4, -0.2) is 35.8 Å². The standard InChI is InChI=1S/C17H24N2O2/c1-12(2)10-18(14(4)20)11-17(21)19-13(3)9-15-7-5-6-8-16(15)19/h5-8,12-13H,9-11H2,1-4H3. The molecule has 1 unspecified atom stereocenters. The molecule has 0 radical (unpaired) electrons. The first-order chi connectivity index (χ1) is 9.90. The average molecular weight is 288 g/mol. The number of amides is 2. The van der Waals surface area contributed by atoms with Gasteiger partial charge in [-0.2, -0.15) is 0 Å². The molecular formula is C17H24N2O2. The van der Waals surface area contributed by atoms with E-state index in [2.05, 4.69) is 13.0 Å². The van der Waals surface area contributed by atoms with E-state index in [0.717, 1.165) is 12.1 Å². The van der Waals surface area contributed by atoms with Crippen molar-refractivity contribution in [1.82, 2.24) is 4.90 Å². The Morgan fingerprint density at radius 1 is 1.33 bits per heavy atom. The minimum Gasteiger partial charge on any atom is -0.333 e. The predicted octanol–water partition coefficient (Wildman–Crippen LogP) is 2.47. The van der Waals surface area contributed by atoms with E-state index >= 15 is 0 Å². The van der Waals surface area contributed by atoms with E-state index < -0.39 is 0 Å². The van der Waals surface area contributed by atoms with Crippen LogP contribution >= 0.6 is 0 Å². The third kappa shape index (κ3) is 3.43. The molecule has 21 heavy (non-hydrogen) atoms. The first-order valence-electron chi connectivity index (χ1n) is 7.55. The number of carbonyl (C=O) groups excluding carboxylic acids is 2. The Morgan fingerprint density at radius 2 is 2.00 bits per heavy atom. The van der Waals surface area contributed by atoms with Gasteiger partial charge in [-0.15, -0.1) is 0 Å². The average Bonchev–Trinajstić information content (AvgIpc) is 2.73. The number of nitrogens with zero attached hydrogens (tertiary/aromatic N) is 2. The van der Waals surface area contributed by atoms with E-state index in [-0.39, 0.29) is 24.4 Å². The highest BCUT2D eigenvalue weighted by Gasteiger charge is 2.31. The quantitative estimate of drug-likeness (QED) is 0.854. The highest BCUT2D eigenvalue weighted by molar-refractivity contribution is 5.98. The zero-order valence-corrected chi connectivity index (χ0v) is 13.3. The molecule has 1 aliphatic heterocycles. The summed E-state index contributed by atoms with van der Waals surface area (Å²) in [5.74, 6) is 0.311. The van der Waals surface area contributed by atoms with Gasteiger partial charge in [-0.25, -0.2) is 0 Å². The molecule has 0 spiro atoms. The van der Waals surface area contributed by atoms with E-state index in [0.29, 0.717) is 12.5 Å². The van der Waals surface area contributed by atoms with Crippen LogP contribution in [-0.2, 0) is 16.0 Å². The predicted molar refractivity (Wildman–Crippen MR) is 84.2 cm³/mol. The second kappa shape index (κ2) is 6.29. The number of anilines is 1. The van der Waals surface area contributed by atoms with Gasteiger partial charge in [0.15, 0.2) is 0 Å². The first-order valence-corrected chi connectivity index (χ1v) is 7.55. The third-order valence-electron chi connectivity index (χ3n) is 3.83. The first kappa shape index (κ1) is 15.5. The van der Waals surface area contributed by atoms with Crippen molar-refractivity contribution in [3.05, 3.63) is 29.8 Å². The molecular weight excluding hydrogens is 264 g/mol. The highest BCUT2D eigenvalue weighted by atomic mass is 16.2. The molecule has 114 valence electrons. The maximum Gasteiger partial charge on any atom is 0.246 e. The van der Waals surface area contributed by atoms with Crippen LogP contribution in [0, 0.1) is 5.92 Å². The zero-order chi connectivity index (χ0) is 15.6. The summed E-state index contributed by atoms with van der Waals surface area (Å²) >= 11 is 0. The van der Waals surface area contributed by atoms with Crippen LogP contribution in [0.4, 0.5) is 5.69 Å². The Hall–Kier alpha value is -1.84. The van der Waals surface area contributed by atoms with Gasteiger partial charge < -0.3 is 9.80 Å². The maximum atomic E-state index is 12.6. The fraction of sp³-hybridized carbons (Fsp3) is 0.529. The Kier molecular flexibility index (Phi) is 4.66. The molecule has 0 saturated carbocycles. The lowest BCUT2D eigenvalue weighted by molar-refractivity contribution is -0.134. The van der Waals surface area contributed by atoms with Crippen molar-refractivity contribution in [2.45, 2.75) is 40.2 Å². The van der Waals surface area contributed by atoms with E-state index in [1.807, 2.05) is 36.9 Å². The van der Waals surface area contributed by atoms with E-state index in [1.165, 1.54) is 12.5 Å². The van der Waals surface area contributed by atoms with Crippen LogP contribution in [0.2, 0.25) is 0 Å². The number of hydrogen-bond acceptors (Lipinski definition) is 2. The van der Waals surface area contributed by atoms with Gasteiger partial charge >= 0.3 is 0 Å². The van der Waals surface area contributed by atoms with Gasteiger partial charge in [0, 0.05) is 25.2 Å². The number of carbonyl (C=O) groups is 2. The fourth-order valence-corrected chi connectivity index (χ4v) is 2.93. The van der Waals surface area contributed by atoms with Crippen molar-refractivity contribution in [2.75, 3.05) is 18.0 Å². The molecule has 1 aromatic carbocycles. The van der Waals surface area contributed by atoms with E-state index in [9.17, 15) is 9.59 Å². The van der Waals surface area contributed by atoms with Crippen LogP contribution in [0.15, 0.2) is 24.3 Å². The Morgan fingerprint density at radius 3 is 2.62 bits per heavy atom. The van der Waals surface area contributed by atoms with Gasteiger partial charge in [-0.1, -0.05) is 32.0 Å². The number of hydrogen-bond donors (Lipinski definition) is 0. The molecule has 0 aromatic heterocycles. The molecule has 1 aliphatic rings. The summed E-state index contributed by atoms with van der Waals surface area (Å²) in [6.45, 7) is 8.45. The van der Waals surface area contributed by atoms with Gasteiger partial charge in [0.1, 0.15) is 6.54 Å². The topological polar surface area (TPSA) is 40.6 Å². The smallest absolute Gasteiger partial charge is 0.246 e. The molecule has 2 amide bonds. The van der Waals surface area contributed by atoms with Gasteiger partial charge in [0.25, 0.3) is 0 Å².